The van der Waals surface area contributed by atoms with Gasteiger partial charge in [0.1, 0.15) is 6.15 Å². The SMILES string of the molecule is FC(F)(F)c1cc([B-](c2cc(C(F)(F)F)cc(C(F)(F)F)c2)(c2cc(C(F)(F)F)cc(C(F)(F)F)c2)c2cc(C(F)(F)F)cc(C(F)(F)F)c2)cc(C(F)(F)F)c1.c1ccc2c(c1)-c1ccccc1C2O[n+]1cccc2ccccc21. The molecule has 8 aromatic rings. The Morgan fingerprint density at radius 3 is 0.827 bits per heavy atom. The van der Waals surface area contributed by atoms with Gasteiger partial charge in [-0.3, -0.25) is 4.84 Å². The largest absolute Gasteiger partial charge is 0.416 e. The normalized spacial score (nSPS) is 13.9. The van der Waals surface area contributed by atoms with E-state index in [1.807, 2.05) is 29.1 Å². The maximum atomic E-state index is 14.2. The van der Waals surface area contributed by atoms with Gasteiger partial charge >= 0.3 is 49.4 Å². The summed E-state index contributed by atoms with van der Waals surface area (Å²) in [6.45, 7) is 0. The van der Waals surface area contributed by atoms with Crippen LogP contribution in [0.5, 0.6) is 0 Å². The summed E-state index contributed by atoms with van der Waals surface area (Å²) in [7, 11) is 0. The van der Waals surface area contributed by atoms with E-state index in [0.717, 1.165) is 5.52 Å². The number of rotatable bonds is 6. The van der Waals surface area contributed by atoms with Crippen LogP contribution in [0.2, 0.25) is 0 Å². The summed E-state index contributed by atoms with van der Waals surface area (Å²) in [4.78, 5) is 6.46. The number of hydrogen-bond acceptors (Lipinski definition) is 1. The Kier molecular flexibility index (Phi) is 14.8. The average Bonchev–Trinajstić information content (AvgIpc) is 3.88. The molecule has 0 fully saturated rings. The van der Waals surface area contributed by atoms with E-state index in [1.54, 1.807) is 0 Å². The first-order valence-corrected chi connectivity index (χ1v) is 22.8. The Balaban J connectivity index is 0.000000292. The first kappa shape index (κ1) is 59.3. The Morgan fingerprint density at radius 1 is 0.296 bits per heavy atom. The van der Waals surface area contributed by atoms with Crippen molar-refractivity contribution in [3.05, 3.63) is 220 Å². The number of alkyl halides is 24. The molecule has 1 aromatic heterocycles. The standard InChI is InChI=1S/C32H12BF24.C22H16NO/c34-25(35,36)13-1-14(26(37,38)39)6-21(5-13)33(22-7-15(27(40,41)42)2-16(8-22)28(43,44)45,23-9-17(29(46,47)48)3-18(10-23)30(49,50)51)24-11-19(31(52,53)54)4-20(12-24)32(55,56)57;1-6-14-21-16(8-1)9-7-15-23(21)24-22-19-12-4-2-10-17(19)18-11-3-5-13-20(18)22/h1-12H;1-15,22H/q-1;+1. The zero-order valence-electron chi connectivity index (χ0n) is 39.7. The van der Waals surface area contributed by atoms with Crippen LogP contribution in [-0.2, 0) is 49.4 Å². The zero-order valence-corrected chi connectivity index (χ0v) is 39.7. The Morgan fingerprint density at radius 2 is 0.543 bits per heavy atom. The summed E-state index contributed by atoms with van der Waals surface area (Å²) in [5.41, 5.74) is -24.2. The lowest BCUT2D eigenvalue weighted by Gasteiger charge is -2.46. The van der Waals surface area contributed by atoms with Crippen LogP contribution in [0.25, 0.3) is 22.0 Å². The third kappa shape index (κ3) is 12.1. The van der Waals surface area contributed by atoms with Crippen LogP contribution in [0.15, 0.2) is 164 Å². The highest BCUT2D eigenvalue weighted by Crippen LogP contribution is 2.45. The second-order valence-corrected chi connectivity index (χ2v) is 18.3. The smallest absolute Gasteiger partial charge is 0.258 e. The van der Waals surface area contributed by atoms with Gasteiger partial charge in [-0.05, 0) is 47.5 Å². The van der Waals surface area contributed by atoms with Crippen molar-refractivity contribution in [3.8, 4) is 11.1 Å². The molecule has 0 N–H and O–H groups in total. The second-order valence-electron chi connectivity index (χ2n) is 18.3. The molecule has 1 aliphatic rings. The molecule has 81 heavy (non-hydrogen) atoms. The van der Waals surface area contributed by atoms with E-state index in [-0.39, 0.29) is 6.10 Å². The van der Waals surface area contributed by atoms with Crippen LogP contribution in [0.1, 0.15) is 61.7 Å². The fraction of sp³-hybridized carbons (Fsp3) is 0.167. The summed E-state index contributed by atoms with van der Waals surface area (Å²) in [6, 6.07) is 20.6. The van der Waals surface area contributed by atoms with E-state index in [4.69, 9.17) is 4.84 Å². The molecule has 0 unspecified atom stereocenters. The van der Waals surface area contributed by atoms with Crippen LogP contribution in [0, 0.1) is 0 Å². The highest BCUT2D eigenvalue weighted by molar-refractivity contribution is 7.20. The number of benzene rings is 7. The van der Waals surface area contributed by atoms with E-state index in [9.17, 15) is 105 Å². The van der Waals surface area contributed by atoms with E-state index in [2.05, 4.69) is 66.7 Å². The maximum absolute atomic E-state index is 14.2. The maximum Gasteiger partial charge on any atom is 0.416 e. The minimum Gasteiger partial charge on any atom is -0.258 e. The van der Waals surface area contributed by atoms with E-state index >= 15 is 0 Å². The topological polar surface area (TPSA) is 13.1 Å². The fourth-order valence-corrected chi connectivity index (χ4v) is 9.63. The Hall–Kier alpha value is -7.87. The third-order valence-electron chi connectivity index (χ3n) is 13.1. The van der Waals surface area contributed by atoms with Crippen molar-refractivity contribution in [2.45, 2.75) is 55.5 Å². The zero-order chi connectivity index (χ0) is 59.8. The molecule has 1 heterocycles. The van der Waals surface area contributed by atoms with Gasteiger partial charge in [0.2, 0.25) is 12.3 Å². The van der Waals surface area contributed by atoms with Gasteiger partial charge < -0.3 is 0 Å². The highest BCUT2D eigenvalue weighted by Gasteiger charge is 2.47. The third-order valence-corrected chi connectivity index (χ3v) is 13.1. The lowest BCUT2D eigenvalue weighted by Crippen LogP contribution is -2.75. The average molecular weight is 1170 g/mol. The molecule has 0 radical (unpaired) electrons. The molecule has 9 rings (SSSR count). The summed E-state index contributed by atoms with van der Waals surface area (Å²) < 4.78 is 343. The van der Waals surface area contributed by atoms with Crippen molar-refractivity contribution in [3.63, 3.8) is 0 Å². The van der Waals surface area contributed by atoms with Gasteiger partial charge in [0.05, 0.1) is 49.9 Å². The summed E-state index contributed by atoms with van der Waals surface area (Å²) in [5.74, 6) is 0. The van der Waals surface area contributed by atoms with Gasteiger partial charge in [-0.2, -0.15) is 127 Å². The minimum atomic E-state index is -6.13. The van der Waals surface area contributed by atoms with Crippen LogP contribution < -0.4 is 31.4 Å². The Bertz CT molecular complexity index is 3170. The molecule has 27 heteroatoms. The number of hydrogen-bond donors (Lipinski definition) is 0. The summed E-state index contributed by atoms with van der Waals surface area (Å²) >= 11 is 0. The lowest BCUT2D eigenvalue weighted by atomic mass is 9.12. The first-order valence-electron chi connectivity index (χ1n) is 22.8. The number of fused-ring (bicyclic) bond motifs is 4. The molecule has 1 aliphatic carbocycles. The van der Waals surface area contributed by atoms with Crippen LogP contribution in [0.4, 0.5) is 105 Å². The van der Waals surface area contributed by atoms with E-state index < -0.39 is 195 Å². The van der Waals surface area contributed by atoms with Gasteiger partial charge in [-0.15, -0.1) is 0 Å². The molecule has 0 aliphatic heterocycles. The molecule has 7 aromatic carbocycles. The fourth-order valence-electron chi connectivity index (χ4n) is 9.63. The van der Waals surface area contributed by atoms with Crippen molar-refractivity contribution in [1.29, 1.82) is 0 Å². The van der Waals surface area contributed by atoms with Crippen molar-refractivity contribution in [2.24, 2.45) is 0 Å². The number of aromatic nitrogens is 1. The van der Waals surface area contributed by atoms with Crippen molar-refractivity contribution in [1.82, 2.24) is 0 Å². The predicted octanol–water partition coefficient (Wildman–Crippen LogP) is 15.5. The van der Waals surface area contributed by atoms with Gasteiger partial charge in [0, 0.05) is 28.0 Å². The lowest BCUT2D eigenvalue weighted by molar-refractivity contribution is -0.879. The van der Waals surface area contributed by atoms with Crippen molar-refractivity contribution >= 4 is 38.9 Å². The summed E-state index contributed by atoms with van der Waals surface area (Å²) in [5, 5.41) is 1.17. The van der Waals surface area contributed by atoms with Crippen molar-refractivity contribution < 1.29 is 115 Å². The minimum absolute atomic E-state index is 0.0896. The molecule has 0 atom stereocenters. The van der Waals surface area contributed by atoms with Crippen LogP contribution in [0.3, 0.4) is 0 Å². The van der Waals surface area contributed by atoms with E-state index in [1.165, 1.54) is 27.6 Å². The monoisotopic (exact) mass is 1170 g/mol. The van der Waals surface area contributed by atoms with Gasteiger partial charge in [-0.25, -0.2) is 0 Å². The number of nitrogens with zero attached hydrogens (tertiary/aromatic N) is 1. The molecule has 0 amide bonds. The molecular weight excluding hydrogens is 1150 g/mol. The molecule has 0 spiro atoms. The summed E-state index contributed by atoms with van der Waals surface area (Å²) in [6.07, 6.45) is -52.9. The molecule has 0 saturated carbocycles. The predicted molar refractivity (Wildman–Crippen MR) is 245 cm³/mol. The molecule has 426 valence electrons. The van der Waals surface area contributed by atoms with E-state index in [0.29, 0.717) is 0 Å². The molecular formula is C54H28BF24NO. The first-order chi connectivity index (χ1) is 37.2. The van der Waals surface area contributed by atoms with Gasteiger partial charge in [0.25, 0.3) is 5.52 Å². The van der Waals surface area contributed by atoms with Gasteiger partial charge in [0.15, 0.2) is 0 Å². The second kappa shape index (κ2) is 20.3. The molecule has 2 nitrogen and oxygen atoms in total. The van der Waals surface area contributed by atoms with Crippen LogP contribution >= 0.6 is 0 Å². The quantitative estimate of drug-likeness (QED) is 0.0919. The number of halogens is 24. The van der Waals surface area contributed by atoms with Gasteiger partial charge in [-0.1, -0.05) is 109 Å². The molecule has 0 bridgehead atoms. The molecule has 0 saturated heterocycles. The highest BCUT2D eigenvalue weighted by atomic mass is 19.4. The Labute approximate surface area is 439 Å². The van der Waals surface area contributed by atoms with Crippen LogP contribution in [-0.4, -0.2) is 6.15 Å². The number of para-hydroxylation sites is 1. The van der Waals surface area contributed by atoms with Crippen molar-refractivity contribution in [2.75, 3.05) is 0 Å². The number of pyridine rings is 1.